The average molecular weight is 287 g/mol. The molecule has 114 valence electrons. The molecule has 0 aliphatic carbocycles. The molecule has 2 saturated heterocycles. The highest BCUT2D eigenvalue weighted by atomic mass is 16.2. The summed E-state index contributed by atoms with van der Waals surface area (Å²) >= 11 is 0. The Balaban J connectivity index is 1.62. The summed E-state index contributed by atoms with van der Waals surface area (Å²) in [5.74, 6) is 0.160. The number of carbonyl (C=O) groups excluding carboxylic acids is 1. The Kier molecular flexibility index (Phi) is 4.56. The molecule has 2 N–H and O–H groups in total. The summed E-state index contributed by atoms with van der Waals surface area (Å²) < 4.78 is 0. The second-order valence-corrected chi connectivity index (χ2v) is 6.24. The third-order valence-corrected chi connectivity index (χ3v) is 4.86. The Morgan fingerprint density at radius 3 is 2.81 bits per heavy atom. The molecule has 2 heterocycles. The molecule has 1 aromatic rings. The molecule has 2 atom stereocenters. The fourth-order valence-corrected chi connectivity index (χ4v) is 3.62. The van der Waals surface area contributed by atoms with Crippen LogP contribution >= 0.6 is 0 Å². The molecular formula is C17H25N3O. The molecule has 2 aliphatic heterocycles. The Morgan fingerprint density at radius 1 is 1.24 bits per heavy atom. The summed E-state index contributed by atoms with van der Waals surface area (Å²) in [7, 11) is 0. The number of amides is 1. The van der Waals surface area contributed by atoms with Gasteiger partial charge in [0.25, 0.3) is 0 Å². The van der Waals surface area contributed by atoms with Crippen LogP contribution in [0.25, 0.3) is 0 Å². The maximum atomic E-state index is 12.7. The van der Waals surface area contributed by atoms with Crippen molar-refractivity contribution in [1.82, 2.24) is 9.80 Å². The van der Waals surface area contributed by atoms with Crippen molar-refractivity contribution < 1.29 is 4.79 Å². The predicted octanol–water partition coefficient (Wildman–Crippen LogP) is 1.11. The van der Waals surface area contributed by atoms with E-state index in [0.29, 0.717) is 12.6 Å². The quantitative estimate of drug-likeness (QED) is 0.902. The van der Waals surface area contributed by atoms with Crippen LogP contribution in [0.2, 0.25) is 0 Å². The summed E-state index contributed by atoms with van der Waals surface area (Å²) in [6.45, 7) is 4.42. The van der Waals surface area contributed by atoms with E-state index in [1.54, 1.807) is 0 Å². The maximum absolute atomic E-state index is 12.7. The zero-order chi connectivity index (χ0) is 14.7. The lowest BCUT2D eigenvalue weighted by atomic mass is 9.97. The summed E-state index contributed by atoms with van der Waals surface area (Å²) in [6.07, 6.45) is 3.26. The van der Waals surface area contributed by atoms with Gasteiger partial charge in [-0.3, -0.25) is 9.69 Å². The first-order valence-corrected chi connectivity index (χ1v) is 8.04. The maximum Gasteiger partial charge on any atom is 0.227 e. The number of fused-ring (bicyclic) bond motifs is 1. The molecule has 1 aromatic carbocycles. The number of carbonyl (C=O) groups is 1. The van der Waals surface area contributed by atoms with Gasteiger partial charge in [0.2, 0.25) is 5.91 Å². The van der Waals surface area contributed by atoms with Gasteiger partial charge in [-0.05, 0) is 31.4 Å². The number of hydrogen-bond acceptors (Lipinski definition) is 3. The molecule has 21 heavy (non-hydrogen) atoms. The number of rotatable bonds is 4. The van der Waals surface area contributed by atoms with E-state index in [1.807, 2.05) is 23.1 Å². The van der Waals surface area contributed by atoms with E-state index in [4.69, 9.17) is 5.73 Å². The van der Waals surface area contributed by atoms with Gasteiger partial charge in [-0.1, -0.05) is 30.3 Å². The summed E-state index contributed by atoms with van der Waals surface area (Å²) in [4.78, 5) is 17.3. The van der Waals surface area contributed by atoms with Gasteiger partial charge in [0.1, 0.15) is 0 Å². The molecule has 3 rings (SSSR count). The minimum atomic E-state index is -0.0830. The Labute approximate surface area is 126 Å². The molecule has 0 radical (unpaired) electrons. The highest BCUT2D eigenvalue weighted by Crippen LogP contribution is 2.23. The van der Waals surface area contributed by atoms with Crippen molar-refractivity contribution in [3.8, 4) is 0 Å². The molecule has 0 bridgehead atoms. The minimum Gasteiger partial charge on any atom is -0.340 e. The van der Waals surface area contributed by atoms with E-state index in [1.165, 1.54) is 24.9 Å². The molecule has 4 nitrogen and oxygen atoms in total. The van der Waals surface area contributed by atoms with Crippen molar-refractivity contribution in [3.05, 3.63) is 35.9 Å². The summed E-state index contributed by atoms with van der Waals surface area (Å²) in [5.41, 5.74) is 7.07. The zero-order valence-corrected chi connectivity index (χ0v) is 12.6. The van der Waals surface area contributed by atoms with Gasteiger partial charge in [0, 0.05) is 32.2 Å². The van der Waals surface area contributed by atoms with Crippen LogP contribution in [0, 0.1) is 5.92 Å². The van der Waals surface area contributed by atoms with E-state index in [9.17, 15) is 4.79 Å². The summed E-state index contributed by atoms with van der Waals surface area (Å²) in [6, 6.07) is 10.8. The lowest BCUT2D eigenvalue weighted by molar-refractivity contribution is -0.137. The molecule has 0 aromatic heterocycles. The van der Waals surface area contributed by atoms with E-state index in [0.717, 1.165) is 26.1 Å². The van der Waals surface area contributed by atoms with E-state index in [2.05, 4.69) is 17.0 Å². The standard InChI is InChI=1S/C17H25N3O/c18-12-15(11-14-5-2-1-3-6-14)17(21)20-10-9-19-8-4-7-16(19)13-20/h1-3,5-6,15-16H,4,7-13,18H2. The van der Waals surface area contributed by atoms with E-state index < -0.39 is 0 Å². The second kappa shape index (κ2) is 6.58. The van der Waals surface area contributed by atoms with Crippen molar-refractivity contribution in [2.24, 2.45) is 11.7 Å². The average Bonchev–Trinajstić information content (AvgIpc) is 3.00. The first-order valence-electron chi connectivity index (χ1n) is 8.04. The third-order valence-electron chi connectivity index (χ3n) is 4.86. The van der Waals surface area contributed by atoms with Crippen molar-refractivity contribution in [2.45, 2.75) is 25.3 Å². The van der Waals surface area contributed by atoms with Crippen LogP contribution in [0.15, 0.2) is 30.3 Å². The topological polar surface area (TPSA) is 49.6 Å². The van der Waals surface area contributed by atoms with Gasteiger partial charge in [-0.15, -0.1) is 0 Å². The lowest BCUT2D eigenvalue weighted by Gasteiger charge is -2.38. The van der Waals surface area contributed by atoms with Crippen LogP contribution in [-0.2, 0) is 11.2 Å². The molecule has 2 unspecified atom stereocenters. The van der Waals surface area contributed by atoms with Gasteiger partial charge in [-0.25, -0.2) is 0 Å². The number of benzene rings is 1. The van der Waals surface area contributed by atoms with Crippen LogP contribution in [0.4, 0.5) is 0 Å². The third kappa shape index (κ3) is 3.27. The van der Waals surface area contributed by atoms with Gasteiger partial charge >= 0.3 is 0 Å². The molecule has 0 spiro atoms. The number of piperazine rings is 1. The minimum absolute atomic E-state index is 0.0830. The van der Waals surface area contributed by atoms with Crippen LogP contribution in [0.5, 0.6) is 0 Å². The van der Waals surface area contributed by atoms with Crippen molar-refractivity contribution in [3.63, 3.8) is 0 Å². The van der Waals surface area contributed by atoms with Gasteiger partial charge in [0.15, 0.2) is 0 Å². The van der Waals surface area contributed by atoms with Crippen molar-refractivity contribution in [2.75, 3.05) is 32.7 Å². The monoisotopic (exact) mass is 287 g/mol. The Morgan fingerprint density at radius 2 is 2.05 bits per heavy atom. The number of hydrogen-bond donors (Lipinski definition) is 1. The number of nitrogens with two attached hydrogens (primary N) is 1. The summed E-state index contributed by atoms with van der Waals surface area (Å²) in [5, 5.41) is 0. The Bertz CT molecular complexity index is 476. The normalized spacial score (nSPS) is 23.9. The van der Waals surface area contributed by atoms with Gasteiger partial charge in [0.05, 0.1) is 5.92 Å². The highest BCUT2D eigenvalue weighted by molar-refractivity contribution is 5.79. The molecule has 1 amide bonds. The Hall–Kier alpha value is -1.39. The molecule has 2 aliphatic rings. The van der Waals surface area contributed by atoms with Crippen LogP contribution in [-0.4, -0.2) is 54.5 Å². The van der Waals surface area contributed by atoms with Crippen LogP contribution < -0.4 is 5.73 Å². The first-order chi connectivity index (χ1) is 10.3. The molecular weight excluding hydrogens is 262 g/mol. The van der Waals surface area contributed by atoms with Crippen molar-refractivity contribution in [1.29, 1.82) is 0 Å². The SMILES string of the molecule is NCC(Cc1ccccc1)C(=O)N1CCN2CCCC2C1. The molecule has 0 saturated carbocycles. The zero-order valence-electron chi connectivity index (χ0n) is 12.6. The van der Waals surface area contributed by atoms with E-state index in [-0.39, 0.29) is 11.8 Å². The van der Waals surface area contributed by atoms with Crippen LogP contribution in [0.3, 0.4) is 0 Å². The lowest BCUT2D eigenvalue weighted by Crippen LogP contribution is -2.54. The fourth-order valence-electron chi connectivity index (χ4n) is 3.62. The fraction of sp³-hybridized carbons (Fsp3) is 0.588. The largest absolute Gasteiger partial charge is 0.340 e. The van der Waals surface area contributed by atoms with Gasteiger partial charge < -0.3 is 10.6 Å². The number of nitrogens with zero attached hydrogens (tertiary/aromatic N) is 2. The second-order valence-electron chi connectivity index (χ2n) is 6.24. The van der Waals surface area contributed by atoms with Crippen LogP contribution in [0.1, 0.15) is 18.4 Å². The molecule has 2 fully saturated rings. The van der Waals surface area contributed by atoms with Crippen molar-refractivity contribution >= 4 is 5.91 Å². The van der Waals surface area contributed by atoms with E-state index >= 15 is 0 Å². The highest BCUT2D eigenvalue weighted by Gasteiger charge is 2.34. The first kappa shape index (κ1) is 14.5. The van der Waals surface area contributed by atoms with Gasteiger partial charge in [-0.2, -0.15) is 0 Å². The smallest absolute Gasteiger partial charge is 0.227 e. The predicted molar refractivity (Wildman–Crippen MR) is 83.9 cm³/mol. The molecule has 4 heteroatoms.